The Labute approximate surface area is 132 Å². The summed E-state index contributed by atoms with van der Waals surface area (Å²) >= 11 is 0. The van der Waals surface area contributed by atoms with E-state index in [4.69, 9.17) is 5.11 Å². The van der Waals surface area contributed by atoms with Crippen molar-refractivity contribution >= 4 is 18.4 Å². The topological polar surface area (TPSA) is 60.8 Å². The normalized spacial score (nSPS) is 21.1. The number of aliphatic hydroxyl groups is 1. The van der Waals surface area contributed by atoms with Crippen LogP contribution in [-0.2, 0) is 4.79 Å². The Morgan fingerprint density at radius 3 is 2.62 bits per heavy atom. The van der Waals surface area contributed by atoms with Gasteiger partial charge in [-0.2, -0.15) is 0 Å². The summed E-state index contributed by atoms with van der Waals surface area (Å²) in [6.07, 6.45) is 4.37. The summed E-state index contributed by atoms with van der Waals surface area (Å²) in [4.78, 5) is 13.0. The van der Waals surface area contributed by atoms with Gasteiger partial charge in [-0.25, -0.2) is 0 Å². The Kier molecular flexibility index (Phi) is 7.72. The van der Waals surface area contributed by atoms with Crippen molar-refractivity contribution in [3.05, 3.63) is 35.9 Å². The van der Waals surface area contributed by atoms with Gasteiger partial charge in [0.05, 0.1) is 12.6 Å². The van der Waals surface area contributed by atoms with Gasteiger partial charge in [-0.15, -0.1) is 12.4 Å². The molecule has 1 aliphatic rings. The summed E-state index contributed by atoms with van der Waals surface area (Å²) in [5, 5.41) is 19.4. The van der Waals surface area contributed by atoms with Crippen LogP contribution in [0.3, 0.4) is 0 Å². The summed E-state index contributed by atoms with van der Waals surface area (Å²) in [5.41, 5.74) is 0.909. The second-order valence-electron chi connectivity index (χ2n) is 5.53. The lowest BCUT2D eigenvalue weighted by Gasteiger charge is -2.30. The Hall–Kier alpha value is -1.10. The van der Waals surface area contributed by atoms with E-state index in [1.54, 1.807) is 0 Å². The number of carboxylic acid groups (broad SMARTS) is 1. The quantitative estimate of drug-likeness (QED) is 0.877. The molecule has 5 heteroatoms. The zero-order valence-electron chi connectivity index (χ0n) is 12.1. The van der Waals surface area contributed by atoms with Gasteiger partial charge < -0.3 is 10.2 Å². The van der Waals surface area contributed by atoms with Crippen molar-refractivity contribution in [2.75, 3.05) is 13.1 Å². The van der Waals surface area contributed by atoms with Crippen LogP contribution in [-0.4, -0.2) is 40.2 Å². The molecule has 2 rings (SSSR count). The molecule has 1 aliphatic heterocycles. The van der Waals surface area contributed by atoms with Crippen molar-refractivity contribution in [1.29, 1.82) is 0 Å². The summed E-state index contributed by atoms with van der Waals surface area (Å²) in [6, 6.07) is 9.76. The fourth-order valence-electron chi connectivity index (χ4n) is 2.95. The Balaban J connectivity index is 0.00000220. The SMILES string of the molecule is Cl.O=C(O)CN1CCCCCC1CC(O)c1ccccc1. The average Bonchev–Trinajstić information content (AvgIpc) is 2.65. The van der Waals surface area contributed by atoms with Crippen molar-refractivity contribution in [2.45, 2.75) is 44.2 Å². The van der Waals surface area contributed by atoms with E-state index in [2.05, 4.69) is 0 Å². The van der Waals surface area contributed by atoms with E-state index in [1.807, 2.05) is 35.2 Å². The van der Waals surface area contributed by atoms with Gasteiger partial charge in [0.25, 0.3) is 0 Å². The number of nitrogens with zero attached hydrogens (tertiary/aromatic N) is 1. The van der Waals surface area contributed by atoms with Gasteiger partial charge in [-0.05, 0) is 31.4 Å². The van der Waals surface area contributed by atoms with Crippen LogP contribution in [0.4, 0.5) is 0 Å². The third-order valence-electron chi connectivity index (χ3n) is 4.02. The number of carbonyl (C=O) groups is 1. The van der Waals surface area contributed by atoms with Crippen molar-refractivity contribution in [2.24, 2.45) is 0 Å². The van der Waals surface area contributed by atoms with Gasteiger partial charge in [0, 0.05) is 6.04 Å². The van der Waals surface area contributed by atoms with Crippen LogP contribution in [0.5, 0.6) is 0 Å². The minimum absolute atomic E-state index is 0. The molecule has 0 radical (unpaired) electrons. The molecule has 2 unspecified atom stereocenters. The summed E-state index contributed by atoms with van der Waals surface area (Å²) in [5.74, 6) is -0.786. The number of rotatable bonds is 5. The first-order valence-electron chi connectivity index (χ1n) is 7.35. The van der Waals surface area contributed by atoms with E-state index in [9.17, 15) is 9.90 Å². The van der Waals surface area contributed by atoms with Crippen LogP contribution < -0.4 is 0 Å². The Morgan fingerprint density at radius 2 is 1.95 bits per heavy atom. The van der Waals surface area contributed by atoms with Crippen LogP contribution in [0.1, 0.15) is 43.8 Å². The van der Waals surface area contributed by atoms with E-state index >= 15 is 0 Å². The molecule has 0 saturated carbocycles. The lowest BCUT2D eigenvalue weighted by Crippen LogP contribution is -2.39. The highest BCUT2D eigenvalue weighted by Crippen LogP contribution is 2.26. The predicted octanol–water partition coefficient (Wildman–Crippen LogP) is 2.86. The van der Waals surface area contributed by atoms with E-state index in [-0.39, 0.29) is 25.0 Å². The number of likely N-dealkylation sites (tertiary alicyclic amines) is 1. The fraction of sp³-hybridized carbons (Fsp3) is 0.562. The molecule has 4 nitrogen and oxygen atoms in total. The van der Waals surface area contributed by atoms with Gasteiger partial charge in [-0.1, -0.05) is 43.2 Å². The van der Waals surface area contributed by atoms with E-state index in [1.165, 1.54) is 0 Å². The standard InChI is InChI=1S/C16H23NO3.ClH/c18-15(13-7-3-1-4-8-13)11-14-9-5-2-6-10-17(14)12-16(19)20;/h1,3-4,7-8,14-15,18H,2,5-6,9-12H2,(H,19,20);1H. The zero-order valence-corrected chi connectivity index (χ0v) is 13.0. The van der Waals surface area contributed by atoms with Gasteiger partial charge in [0.15, 0.2) is 0 Å². The van der Waals surface area contributed by atoms with Crippen LogP contribution >= 0.6 is 12.4 Å². The summed E-state index contributed by atoms with van der Waals surface area (Å²) < 4.78 is 0. The molecule has 1 heterocycles. The predicted molar refractivity (Wildman–Crippen MR) is 84.7 cm³/mol. The minimum Gasteiger partial charge on any atom is -0.480 e. The van der Waals surface area contributed by atoms with Crippen molar-refractivity contribution in [3.63, 3.8) is 0 Å². The number of hydrogen-bond acceptors (Lipinski definition) is 3. The molecule has 0 amide bonds. The van der Waals surface area contributed by atoms with Gasteiger partial charge in [0.1, 0.15) is 0 Å². The maximum Gasteiger partial charge on any atom is 0.317 e. The molecule has 2 N–H and O–H groups in total. The maximum atomic E-state index is 11.0. The zero-order chi connectivity index (χ0) is 14.4. The van der Waals surface area contributed by atoms with Crippen LogP contribution in [0.25, 0.3) is 0 Å². The van der Waals surface area contributed by atoms with E-state index in [0.29, 0.717) is 6.42 Å². The molecule has 21 heavy (non-hydrogen) atoms. The first-order valence-corrected chi connectivity index (χ1v) is 7.35. The maximum absolute atomic E-state index is 11.0. The first-order chi connectivity index (χ1) is 9.66. The minimum atomic E-state index is -0.786. The molecule has 2 atom stereocenters. The average molecular weight is 314 g/mol. The molecule has 0 bridgehead atoms. The monoisotopic (exact) mass is 313 g/mol. The number of hydrogen-bond donors (Lipinski definition) is 2. The Bertz CT molecular complexity index is 427. The molecule has 0 aliphatic carbocycles. The second kappa shape index (κ2) is 9.03. The van der Waals surface area contributed by atoms with Crippen molar-refractivity contribution in [3.8, 4) is 0 Å². The summed E-state index contributed by atoms with van der Waals surface area (Å²) in [6.45, 7) is 0.894. The first kappa shape index (κ1) is 18.0. The molecule has 1 aromatic rings. The fourth-order valence-corrected chi connectivity index (χ4v) is 2.95. The number of halogens is 1. The van der Waals surface area contributed by atoms with E-state index in [0.717, 1.165) is 37.8 Å². The number of benzene rings is 1. The largest absolute Gasteiger partial charge is 0.480 e. The highest BCUT2D eigenvalue weighted by Gasteiger charge is 2.25. The molecule has 1 saturated heterocycles. The molecular weight excluding hydrogens is 290 g/mol. The third-order valence-corrected chi connectivity index (χ3v) is 4.02. The number of aliphatic hydroxyl groups excluding tert-OH is 1. The molecule has 118 valence electrons. The number of aliphatic carboxylic acids is 1. The van der Waals surface area contributed by atoms with Crippen LogP contribution in [0, 0.1) is 0 Å². The Morgan fingerprint density at radius 1 is 1.24 bits per heavy atom. The van der Waals surface area contributed by atoms with Gasteiger partial charge in [-0.3, -0.25) is 9.69 Å². The van der Waals surface area contributed by atoms with Crippen molar-refractivity contribution in [1.82, 2.24) is 4.90 Å². The molecule has 1 aromatic carbocycles. The van der Waals surface area contributed by atoms with Crippen LogP contribution in [0.2, 0.25) is 0 Å². The van der Waals surface area contributed by atoms with Gasteiger partial charge in [0.2, 0.25) is 0 Å². The molecule has 1 fully saturated rings. The van der Waals surface area contributed by atoms with E-state index < -0.39 is 12.1 Å². The smallest absolute Gasteiger partial charge is 0.317 e. The summed E-state index contributed by atoms with van der Waals surface area (Å²) in [7, 11) is 0. The highest BCUT2D eigenvalue weighted by atomic mass is 35.5. The lowest BCUT2D eigenvalue weighted by atomic mass is 9.98. The van der Waals surface area contributed by atoms with Gasteiger partial charge >= 0.3 is 5.97 Å². The number of carboxylic acids is 1. The highest BCUT2D eigenvalue weighted by molar-refractivity contribution is 5.85. The van der Waals surface area contributed by atoms with Crippen LogP contribution in [0.15, 0.2) is 30.3 Å². The third kappa shape index (κ3) is 5.65. The molecule has 0 spiro atoms. The second-order valence-corrected chi connectivity index (χ2v) is 5.53. The molecule has 0 aromatic heterocycles. The lowest BCUT2D eigenvalue weighted by molar-refractivity contribution is -0.139. The molecular formula is C16H24ClNO3. The van der Waals surface area contributed by atoms with Crippen molar-refractivity contribution < 1.29 is 15.0 Å².